The summed E-state index contributed by atoms with van der Waals surface area (Å²) < 4.78 is 26.2. The number of pyridine rings is 1. The quantitative estimate of drug-likeness (QED) is 0.786. The highest BCUT2D eigenvalue weighted by molar-refractivity contribution is 6.30. The van der Waals surface area contributed by atoms with Gasteiger partial charge in [-0.3, -0.25) is 0 Å². The summed E-state index contributed by atoms with van der Waals surface area (Å²) in [6.45, 7) is 1.83. The Kier molecular flexibility index (Phi) is 3.12. The van der Waals surface area contributed by atoms with E-state index in [1.54, 1.807) is 6.20 Å². The number of hydrogen-bond donors (Lipinski definition) is 1. The van der Waals surface area contributed by atoms with Crippen LogP contribution in [-0.2, 0) is 5.54 Å². The second-order valence-electron chi connectivity index (χ2n) is 4.84. The third kappa shape index (κ3) is 2.58. The molecule has 0 spiro atoms. The van der Waals surface area contributed by atoms with Crippen LogP contribution in [0.2, 0.25) is 5.15 Å². The van der Waals surface area contributed by atoms with Crippen molar-refractivity contribution in [1.82, 2.24) is 4.98 Å². The Labute approximate surface area is 104 Å². The molecular formula is C12H15ClF2N2. The summed E-state index contributed by atoms with van der Waals surface area (Å²) in [6, 6.07) is 1.85. The topological polar surface area (TPSA) is 38.9 Å². The van der Waals surface area contributed by atoms with Crippen molar-refractivity contribution < 1.29 is 8.78 Å². The molecule has 1 heterocycles. The number of aromatic nitrogens is 1. The number of nitrogens with zero attached hydrogens (tertiary/aromatic N) is 1. The molecule has 1 saturated carbocycles. The van der Waals surface area contributed by atoms with Gasteiger partial charge in [0, 0.05) is 24.6 Å². The summed E-state index contributed by atoms with van der Waals surface area (Å²) in [5.74, 6) is -2.57. The molecule has 0 aliphatic heterocycles. The number of alkyl halides is 2. The lowest BCUT2D eigenvalue weighted by Crippen LogP contribution is -2.43. The summed E-state index contributed by atoms with van der Waals surface area (Å²) in [7, 11) is 0. The molecule has 1 aliphatic carbocycles. The highest BCUT2D eigenvalue weighted by Crippen LogP contribution is 2.42. The zero-order chi connectivity index (χ0) is 12.7. The summed E-state index contributed by atoms with van der Waals surface area (Å²) >= 11 is 5.84. The average molecular weight is 261 g/mol. The van der Waals surface area contributed by atoms with Crippen LogP contribution < -0.4 is 5.73 Å². The smallest absolute Gasteiger partial charge is 0.248 e. The molecule has 1 aromatic heterocycles. The lowest BCUT2D eigenvalue weighted by molar-refractivity contribution is -0.0514. The standard InChI is InChI=1S/C12H15ClF2N2/c1-8-6-9(7-17-10(8)13)11(16)2-4-12(14,15)5-3-11/h6-7H,2-5,16H2,1H3. The van der Waals surface area contributed by atoms with E-state index in [-0.39, 0.29) is 25.7 Å². The molecule has 5 heteroatoms. The van der Waals surface area contributed by atoms with Crippen LogP contribution in [-0.4, -0.2) is 10.9 Å². The van der Waals surface area contributed by atoms with Crippen LogP contribution in [0.3, 0.4) is 0 Å². The molecule has 0 saturated heterocycles. The Balaban J connectivity index is 2.24. The minimum atomic E-state index is -2.57. The molecule has 94 valence electrons. The first-order chi connectivity index (χ1) is 7.82. The molecule has 1 fully saturated rings. The summed E-state index contributed by atoms with van der Waals surface area (Å²) in [6.07, 6.45) is 1.83. The Hall–Kier alpha value is -0.740. The van der Waals surface area contributed by atoms with E-state index in [1.165, 1.54) is 0 Å². The molecule has 17 heavy (non-hydrogen) atoms. The van der Waals surface area contributed by atoms with E-state index in [2.05, 4.69) is 4.98 Å². The van der Waals surface area contributed by atoms with Crippen LogP contribution in [0.25, 0.3) is 0 Å². The number of hydrogen-bond acceptors (Lipinski definition) is 2. The van der Waals surface area contributed by atoms with Crippen LogP contribution in [0.5, 0.6) is 0 Å². The minimum absolute atomic E-state index is 0.162. The van der Waals surface area contributed by atoms with E-state index in [9.17, 15) is 8.78 Å². The van der Waals surface area contributed by atoms with Gasteiger partial charge in [0.1, 0.15) is 5.15 Å². The molecule has 2 nitrogen and oxygen atoms in total. The first-order valence-corrected chi connectivity index (χ1v) is 6.00. The van der Waals surface area contributed by atoms with Gasteiger partial charge in [-0.15, -0.1) is 0 Å². The van der Waals surface area contributed by atoms with Gasteiger partial charge in [-0.1, -0.05) is 11.6 Å². The van der Waals surface area contributed by atoms with Crippen molar-refractivity contribution in [2.24, 2.45) is 5.73 Å². The molecule has 0 radical (unpaired) electrons. The second-order valence-corrected chi connectivity index (χ2v) is 5.20. The zero-order valence-electron chi connectivity index (χ0n) is 9.64. The molecule has 1 aromatic rings. The fourth-order valence-electron chi connectivity index (χ4n) is 2.18. The van der Waals surface area contributed by atoms with E-state index >= 15 is 0 Å². The molecule has 0 aromatic carbocycles. The molecule has 0 amide bonds. The maximum atomic E-state index is 13.1. The first kappa shape index (κ1) is 12.7. The van der Waals surface area contributed by atoms with Gasteiger partial charge < -0.3 is 5.73 Å². The lowest BCUT2D eigenvalue weighted by atomic mass is 9.76. The van der Waals surface area contributed by atoms with Crippen molar-refractivity contribution in [3.05, 3.63) is 28.5 Å². The van der Waals surface area contributed by atoms with Gasteiger partial charge >= 0.3 is 0 Å². The molecule has 0 atom stereocenters. The van der Waals surface area contributed by atoms with Crippen LogP contribution in [0, 0.1) is 6.92 Å². The molecule has 0 unspecified atom stereocenters. The highest BCUT2D eigenvalue weighted by atomic mass is 35.5. The molecule has 2 rings (SSSR count). The largest absolute Gasteiger partial charge is 0.321 e. The Morgan fingerprint density at radius 3 is 2.41 bits per heavy atom. The zero-order valence-corrected chi connectivity index (χ0v) is 10.4. The van der Waals surface area contributed by atoms with Crippen LogP contribution in [0.1, 0.15) is 36.8 Å². The normalized spacial score (nSPS) is 22.4. The predicted octanol–water partition coefficient (Wildman–Crippen LogP) is 3.41. The van der Waals surface area contributed by atoms with Gasteiger partial charge in [-0.25, -0.2) is 13.8 Å². The van der Waals surface area contributed by atoms with E-state index in [0.29, 0.717) is 5.15 Å². The maximum Gasteiger partial charge on any atom is 0.248 e. The van der Waals surface area contributed by atoms with Crippen molar-refractivity contribution in [3.63, 3.8) is 0 Å². The molecule has 2 N–H and O–H groups in total. The molecule has 1 aliphatic rings. The van der Waals surface area contributed by atoms with E-state index in [0.717, 1.165) is 11.1 Å². The summed E-state index contributed by atoms with van der Waals surface area (Å²) in [5.41, 5.74) is 7.14. The second kappa shape index (κ2) is 4.18. The van der Waals surface area contributed by atoms with Crippen LogP contribution >= 0.6 is 11.6 Å². The minimum Gasteiger partial charge on any atom is -0.321 e. The van der Waals surface area contributed by atoms with Crippen molar-refractivity contribution in [2.45, 2.75) is 44.1 Å². The highest BCUT2D eigenvalue weighted by Gasteiger charge is 2.42. The fraction of sp³-hybridized carbons (Fsp3) is 0.583. The molecular weight excluding hydrogens is 246 g/mol. The van der Waals surface area contributed by atoms with Gasteiger partial charge in [-0.2, -0.15) is 0 Å². The van der Waals surface area contributed by atoms with Crippen molar-refractivity contribution in [3.8, 4) is 0 Å². The van der Waals surface area contributed by atoms with Crippen molar-refractivity contribution >= 4 is 11.6 Å². The SMILES string of the molecule is Cc1cc(C2(N)CCC(F)(F)CC2)cnc1Cl. The summed E-state index contributed by atoms with van der Waals surface area (Å²) in [4.78, 5) is 4.03. The van der Waals surface area contributed by atoms with Crippen molar-refractivity contribution in [2.75, 3.05) is 0 Å². The third-order valence-corrected chi connectivity index (χ3v) is 3.86. The maximum absolute atomic E-state index is 13.1. The number of nitrogens with two attached hydrogens (primary N) is 1. The van der Waals surface area contributed by atoms with Gasteiger partial charge in [0.05, 0.1) is 0 Å². The Morgan fingerprint density at radius 2 is 1.88 bits per heavy atom. The van der Waals surface area contributed by atoms with E-state index in [4.69, 9.17) is 17.3 Å². The van der Waals surface area contributed by atoms with Gasteiger partial charge in [0.25, 0.3) is 0 Å². The molecule has 0 bridgehead atoms. The fourth-order valence-corrected chi connectivity index (χ4v) is 2.28. The third-order valence-electron chi connectivity index (χ3n) is 3.46. The predicted molar refractivity (Wildman–Crippen MR) is 63.3 cm³/mol. The van der Waals surface area contributed by atoms with Crippen LogP contribution in [0.4, 0.5) is 8.78 Å². The number of halogens is 3. The Bertz CT molecular complexity index is 425. The van der Waals surface area contributed by atoms with Gasteiger partial charge in [-0.05, 0) is 37.0 Å². The van der Waals surface area contributed by atoms with E-state index in [1.807, 2.05) is 13.0 Å². The lowest BCUT2D eigenvalue weighted by Gasteiger charge is -2.37. The van der Waals surface area contributed by atoms with Crippen LogP contribution in [0.15, 0.2) is 12.3 Å². The number of aryl methyl sites for hydroxylation is 1. The van der Waals surface area contributed by atoms with Gasteiger partial charge in [0.15, 0.2) is 0 Å². The van der Waals surface area contributed by atoms with Gasteiger partial charge in [0.2, 0.25) is 5.92 Å². The van der Waals surface area contributed by atoms with E-state index < -0.39 is 11.5 Å². The monoisotopic (exact) mass is 260 g/mol. The average Bonchev–Trinajstić information content (AvgIpc) is 2.27. The first-order valence-electron chi connectivity index (χ1n) is 5.62. The van der Waals surface area contributed by atoms with Crippen molar-refractivity contribution in [1.29, 1.82) is 0 Å². The number of rotatable bonds is 1. The Morgan fingerprint density at radius 1 is 1.29 bits per heavy atom. The summed E-state index contributed by atoms with van der Waals surface area (Å²) in [5, 5.41) is 0.429.